The molecular formula is C9H8N2O2. The molecule has 0 amide bonds. The van der Waals surface area contributed by atoms with E-state index in [4.69, 9.17) is 20.7 Å². The topological polar surface area (TPSA) is 83.2 Å². The molecule has 0 saturated heterocycles. The van der Waals surface area contributed by atoms with Gasteiger partial charge in [0.05, 0.1) is 5.69 Å². The van der Waals surface area contributed by atoms with Crippen LogP contribution in [0.2, 0.25) is 0 Å². The second kappa shape index (κ2) is 2.52. The van der Waals surface area contributed by atoms with Crippen LogP contribution in [0.15, 0.2) is 28.7 Å². The summed E-state index contributed by atoms with van der Waals surface area (Å²) in [5.41, 5.74) is 6.14. The van der Waals surface area contributed by atoms with E-state index in [0.717, 1.165) is 5.39 Å². The molecule has 2 aromatic rings. The molecule has 1 aromatic carbocycles. The lowest BCUT2D eigenvalue weighted by Crippen LogP contribution is -2.05. The van der Waals surface area contributed by atoms with Crippen LogP contribution in [0.4, 0.5) is 5.69 Å². The number of aromatic hydroxyl groups is 1. The summed E-state index contributed by atoms with van der Waals surface area (Å²) in [5.74, 6) is 0.112. The van der Waals surface area contributed by atoms with E-state index in [-0.39, 0.29) is 17.0 Å². The Morgan fingerprint density at radius 2 is 2.08 bits per heavy atom. The molecule has 0 aliphatic rings. The van der Waals surface area contributed by atoms with E-state index in [1.165, 1.54) is 6.07 Å². The first-order chi connectivity index (χ1) is 6.16. The van der Waals surface area contributed by atoms with E-state index in [2.05, 4.69) is 0 Å². The van der Waals surface area contributed by atoms with Crippen LogP contribution < -0.4 is 11.3 Å². The molecular weight excluding hydrogens is 168 g/mol. The van der Waals surface area contributed by atoms with Crippen molar-refractivity contribution in [2.75, 3.05) is 5.73 Å². The Kier molecular flexibility index (Phi) is 1.48. The largest absolute Gasteiger partial charge is 0.508 e. The second-order valence-corrected chi connectivity index (χ2v) is 2.75. The number of hydrogen-bond donors (Lipinski definition) is 3. The lowest BCUT2D eigenvalue weighted by atomic mass is 10.2. The van der Waals surface area contributed by atoms with Gasteiger partial charge in [-0.25, -0.2) is 0 Å². The zero-order valence-electron chi connectivity index (χ0n) is 6.74. The van der Waals surface area contributed by atoms with E-state index in [1.807, 2.05) is 0 Å². The van der Waals surface area contributed by atoms with Crippen molar-refractivity contribution in [3.63, 3.8) is 0 Å². The summed E-state index contributed by atoms with van der Waals surface area (Å²) < 4.78 is 5.05. The molecule has 0 saturated carbocycles. The zero-order valence-corrected chi connectivity index (χ0v) is 6.74. The number of fused-ring (bicyclic) bond motifs is 1. The molecule has 4 N–H and O–H groups in total. The summed E-state index contributed by atoms with van der Waals surface area (Å²) >= 11 is 0. The van der Waals surface area contributed by atoms with E-state index in [1.54, 1.807) is 18.2 Å². The van der Waals surface area contributed by atoms with Gasteiger partial charge in [0.2, 0.25) is 5.55 Å². The summed E-state index contributed by atoms with van der Waals surface area (Å²) in [6, 6.07) is 6.32. The van der Waals surface area contributed by atoms with Gasteiger partial charge >= 0.3 is 0 Å². The molecule has 4 nitrogen and oxygen atoms in total. The van der Waals surface area contributed by atoms with Gasteiger partial charge in [-0.1, -0.05) is 0 Å². The standard InChI is InChI=1S/C9H8N2O2/c10-7-3-5-1-2-6(12)4-8(5)13-9(7)11/h1-4,11-12H,10H2. The van der Waals surface area contributed by atoms with Gasteiger partial charge in [-0.15, -0.1) is 0 Å². The number of phenolic OH excluding ortho intramolecular Hbond substituents is 1. The average molecular weight is 176 g/mol. The lowest BCUT2D eigenvalue weighted by molar-refractivity contribution is 0.472. The van der Waals surface area contributed by atoms with Gasteiger partial charge in [0.15, 0.2) is 0 Å². The monoisotopic (exact) mass is 176 g/mol. The van der Waals surface area contributed by atoms with Crippen molar-refractivity contribution >= 4 is 16.7 Å². The number of rotatable bonds is 0. The van der Waals surface area contributed by atoms with Gasteiger partial charge < -0.3 is 15.3 Å². The quantitative estimate of drug-likeness (QED) is 0.564. The maximum Gasteiger partial charge on any atom is 0.235 e. The maximum absolute atomic E-state index is 9.14. The second-order valence-electron chi connectivity index (χ2n) is 2.75. The number of benzene rings is 1. The number of nitrogens with two attached hydrogens (primary N) is 1. The highest BCUT2D eigenvalue weighted by molar-refractivity contribution is 5.80. The van der Waals surface area contributed by atoms with E-state index in [9.17, 15) is 0 Å². The molecule has 2 rings (SSSR count). The van der Waals surface area contributed by atoms with Gasteiger partial charge in [-0.05, 0) is 18.2 Å². The van der Waals surface area contributed by atoms with Crippen LogP contribution in [-0.4, -0.2) is 5.11 Å². The van der Waals surface area contributed by atoms with Crippen molar-refractivity contribution in [1.82, 2.24) is 0 Å². The molecule has 1 aromatic heterocycles. The third-order valence-electron chi connectivity index (χ3n) is 1.78. The Labute approximate surface area is 73.7 Å². The summed E-state index contributed by atoms with van der Waals surface area (Å²) in [6.07, 6.45) is 0. The summed E-state index contributed by atoms with van der Waals surface area (Å²) in [5, 5.41) is 17.2. The Morgan fingerprint density at radius 1 is 1.31 bits per heavy atom. The van der Waals surface area contributed by atoms with Crippen LogP contribution >= 0.6 is 0 Å². The summed E-state index contributed by atoms with van der Waals surface area (Å²) in [4.78, 5) is 0. The third-order valence-corrected chi connectivity index (χ3v) is 1.78. The predicted octanol–water partition coefficient (Wildman–Crippen LogP) is 1.20. The number of anilines is 1. The molecule has 0 spiro atoms. The van der Waals surface area contributed by atoms with Crippen LogP contribution in [0.1, 0.15) is 0 Å². The molecule has 1 heterocycles. The molecule has 66 valence electrons. The van der Waals surface area contributed by atoms with Gasteiger partial charge in [-0.3, -0.25) is 5.41 Å². The Bertz CT molecular complexity index is 516. The molecule has 0 fully saturated rings. The fourth-order valence-electron chi connectivity index (χ4n) is 1.13. The molecule has 0 aliphatic carbocycles. The van der Waals surface area contributed by atoms with E-state index >= 15 is 0 Å². The average Bonchev–Trinajstić information content (AvgIpc) is 2.08. The third kappa shape index (κ3) is 1.22. The van der Waals surface area contributed by atoms with Gasteiger partial charge in [-0.2, -0.15) is 0 Å². The van der Waals surface area contributed by atoms with Gasteiger partial charge in [0.25, 0.3) is 0 Å². The number of phenols is 1. The minimum atomic E-state index is -0.0851. The van der Waals surface area contributed by atoms with Gasteiger partial charge in [0.1, 0.15) is 11.3 Å². The van der Waals surface area contributed by atoms with Crippen LogP contribution in [0.3, 0.4) is 0 Å². The molecule has 4 heteroatoms. The number of nitrogen functional groups attached to an aromatic ring is 1. The predicted molar refractivity (Wildman–Crippen MR) is 48.1 cm³/mol. The Hall–Kier alpha value is -1.97. The van der Waals surface area contributed by atoms with Crippen LogP contribution in [0.5, 0.6) is 5.75 Å². The van der Waals surface area contributed by atoms with Crippen LogP contribution in [0.25, 0.3) is 11.0 Å². The molecule has 0 aliphatic heterocycles. The van der Waals surface area contributed by atoms with Crippen molar-refractivity contribution in [2.24, 2.45) is 0 Å². The highest BCUT2D eigenvalue weighted by atomic mass is 16.3. The smallest absolute Gasteiger partial charge is 0.235 e. The summed E-state index contributed by atoms with van der Waals surface area (Å²) in [7, 11) is 0. The Balaban J connectivity index is 2.89. The fraction of sp³-hybridized carbons (Fsp3) is 0. The van der Waals surface area contributed by atoms with Crippen LogP contribution in [-0.2, 0) is 0 Å². The first kappa shape index (κ1) is 7.67. The minimum absolute atomic E-state index is 0.0851. The van der Waals surface area contributed by atoms with Crippen molar-refractivity contribution in [1.29, 1.82) is 5.41 Å². The Morgan fingerprint density at radius 3 is 2.85 bits per heavy atom. The fourth-order valence-corrected chi connectivity index (χ4v) is 1.13. The first-order valence-corrected chi connectivity index (χ1v) is 3.74. The van der Waals surface area contributed by atoms with Crippen LogP contribution in [0, 0.1) is 5.41 Å². The van der Waals surface area contributed by atoms with Crippen molar-refractivity contribution in [3.8, 4) is 5.75 Å². The highest BCUT2D eigenvalue weighted by Gasteiger charge is 1.99. The molecule has 0 unspecified atom stereocenters. The number of nitrogens with one attached hydrogen (secondary N) is 1. The normalized spacial score (nSPS) is 10.5. The molecule has 13 heavy (non-hydrogen) atoms. The number of hydrogen-bond acceptors (Lipinski definition) is 4. The van der Waals surface area contributed by atoms with E-state index < -0.39 is 0 Å². The molecule has 0 bridgehead atoms. The highest BCUT2D eigenvalue weighted by Crippen LogP contribution is 2.19. The summed E-state index contributed by atoms with van der Waals surface area (Å²) in [6.45, 7) is 0. The van der Waals surface area contributed by atoms with Crippen molar-refractivity contribution in [3.05, 3.63) is 29.8 Å². The molecule has 0 radical (unpaired) electrons. The minimum Gasteiger partial charge on any atom is -0.508 e. The lowest BCUT2D eigenvalue weighted by Gasteiger charge is -1.99. The van der Waals surface area contributed by atoms with E-state index in [0.29, 0.717) is 5.58 Å². The first-order valence-electron chi connectivity index (χ1n) is 3.74. The molecule has 0 atom stereocenters. The zero-order chi connectivity index (χ0) is 9.42. The SMILES string of the molecule is N=c1oc2cc(O)ccc2cc1N. The maximum atomic E-state index is 9.14. The van der Waals surface area contributed by atoms with Crippen molar-refractivity contribution in [2.45, 2.75) is 0 Å². The van der Waals surface area contributed by atoms with Gasteiger partial charge in [0, 0.05) is 11.5 Å². The van der Waals surface area contributed by atoms with Crippen molar-refractivity contribution < 1.29 is 9.52 Å².